The lowest BCUT2D eigenvalue weighted by Gasteiger charge is -2.03. The highest BCUT2D eigenvalue weighted by molar-refractivity contribution is 7.14. The molecule has 0 bridgehead atoms. The van der Waals surface area contributed by atoms with Crippen LogP contribution in [0.4, 0.5) is 5.69 Å². The molecule has 0 aromatic carbocycles. The van der Waals surface area contributed by atoms with Gasteiger partial charge in [-0.15, -0.1) is 11.3 Å². The highest BCUT2D eigenvalue weighted by atomic mass is 32.1. The average molecular weight is 304 g/mol. The first-order valence-electron chi connectivity index (χ1n) is 6.57. The van der Waals surface area contributed by atoms with Crippen LogP contribution in [0.5, 0.6) is 0 Å². The molecule has 2 N–H and O–H groups in total. The fourth-order valence-corrected chi connectivity index (χ4v) is 2.94. The van der Waals surface area contributed by atoms with Crippen LogP contribution in [0.1, 0.15) is 32.7 Å². The van der Waals surface area contributed by atoms with Crippen LogP contribution >= 0.6 is 11.3 Å². The Hall–Kier alpha value is -2.21. The molecule has 0 saturated carbocycles. The van der Waals surface area contributed by atoms with Gasteiger partial charge in [0.15, 0.2) is 0 Å². The summed E-state index contributed by atoms with van der Waals surface area (Å²) in [6.07, 6.45) is 2.25. The van der Waals surface area contributed by atoms with E-state index in [0.717, 1.165) is 11.3 Å². The number of nitrogens with zero attached hydrogens (tertiary/aromatic N) is 1. The number of carboxylic acid groups (broad SMARTS) is 1. The van der Waals surface area contributed by atoms with Crippen LogP contribution < -0.4 is 5.32 Å². The van der Waals surface area contributed by atoms with Gasteiger partial charge in [-0.2, -0.15) is 0 Å². The Morgan fingerprint density at radius 2 is 2.14 bits per heavy atom. The minimum absolute atomic E-state index is 0.127. The number of thiophene rings is 1. The van der Waals surface area contributed by atoms with Crippen LogP contribution in [0.2, 0.25) is 0 Å². The second kappa shape index (κ2) is 6.49. The highest BCUT2D eigenvalue weighted by Crippen LogP contribution is 2.23. The number of rotatable bonds is 5. The van der Waals surface area contributed by atoms with E-state index in [9.17, 15) is 9.59 Å². The molecule has 0 radical (unpaired) electrons. The van der Waals surface area contributed by atoms with Gasteiger partial charge in [-0.25, -0.2) is 0 Å². The van der Waals surface area contributed by atoms with Gasteiger partial charge < -0.3 is 10.4 Å². The molecule has 5 nitrogen and oxygen atoms in total. The minimum Gasteiger partial charge on any atom is -0.481 e. The maximum atomic E-state index is 12.1. The summed E-state index contributed by atoms with van der Waals surface area (Å²) in [7, 11) is 0. The lowest BCUT2D eigenvalue weighted by molar-refractivity contribution is -0.136. The minimum atomic E-state index is -0.930. The van der Waals surface area contributed by atoms with E-state index in [4.69, 9.17) is 5.11 Å². The first kappa shape index (κ1) is 15.2. The van der Waals surface area contributed by atoms with Crippen molar-refractivity contribution >= 4 is 28.9 Å². The van der Waals surface area contributed by atoms with Gasteiger partial charge in [-0.05, 0) is 37.1 Å². The van der Waals surface area contributed by atoms with E-state index in [1.807, 2.05) is 13.0 Å². The molecule has 2 aromatic rings. The molecule has 0 atom stereocenters. The monoisotopic (exact) mass is 304 g/mol. The van der Waals surface area contributed by atoms with Crippen molar-refractivity contribution in [3.05, 3.63) is 45.4 Å². The number of carboxylic acids is 1. The number of aromatic nitrogens is 1. The Balaban J connectivity index is 2.06. The quantitative estimate of drug-likeness (QED) is 0.890. The second-order valence-corrected chi connectivity index (χ2v) is 5.86. The Labute approximate surface area is 126 Å². The van der Waals surface area contributed by atoms with Crippen molar-refractivity contribution < 1.29 is 14.7 Å². The molecule has 21 heavy (non-hydrogen) atoms. The molecule has 2 heterocycles. The number of hydrogen-bond donors (Lipinski definition) is 2. The van der Waals surface area contributed by atoms with Gasteiger partial charge in [-0.1, -0.05) is 6.92 Å². The van der Waals surface area contributed by atoms with Crippen molar-refractivity contribution in [3.8, 4) is 0 Å². The van der Waals surface area contributed by atoms with Crippen molar-refractivity contribution in [1.82, 2.24) is 4.98 Å². The molecule has 0 unspecified atom stereocenters. The molecule has 2 aromatic heterocycles. The number of carbonyl (C=O) groups is 2. The van der Waals surface area contributed by atoms with Gasteiger partial charge in [0.05, 0.1) is 28.9 Å². The van der Waals surface area contributed by atoms with Gasteiger partial charge in [0, 0.05) is 4.88 Å². The van der Waals surface area contributed by atoms with E-state index in [0.29, 0.717) is 16.3 Å². The van der Waals surface area contributed by atoms with Crippen LogP contribution in [-0.2, 0) is 17.6 Å². The Morgan fingerprint density at radius 3 is 2.67 bits per heavy atom. The van der Waals surface area contributed by atoms with E-state index >= 15 is 0 Å². The van der Waals surface area contributed by atoms with Gasteiger partial charge in [-0.3, -0.25) is 14.6 Å². The van der Waals surface area contributed by atoms with Crippen LogP contribution in [0.15, 0.2) is 24.4 Å². The third kappa shape index (κ3) is 3.88. The zero-order valence-corrected chi connectivity index (χ0v) is 12.7. The number of amides is 1. The zero-order chi connectivity index (χ0) is 15.4. The largest absolute Gasteiger partial charge is 0.481 e. The second-order valence-electron chi connectivity index (χ2n) is 4.61. The van der Waals surface area contributed by atoms with Crippen LogP contribution in [0, 0.1) is 6.92 Å². The van der Waals surface area contributed by atoms with Gasteiger partial charge in [0.25, 0.3) is 5.91 Å². The summed E-state index contributed by atoms with van der Waals surface area (Å²) in [6.45, 7) is 4.06. The molecule has 2 rings (SSSR count). The Bertz CT molecular complexity index is 662. The predicted octanol–water partition coefficient (Wildman–Crippen LogP) is 2.89. The van der Waals surface area contributed by atoms with E-state index in [1.54, 1.807) is 12.1 Å². The molecule has 0 aliphatic heterocycles. The molecular weight excluding hydrogens is 288 g/mol. The first-order chi connectivity index (χ1) is 9.99. The van der Waals surface area contributed by atoms with Crippen molar-refractivity contribution in [2.45, 2.75) is 26.7 Å². The number of carbonyl (C=O) groups excluding carboxylic acids is 1. The lowest BCUT2D eigenvalue weighted by atomic mass is 10.2. The summed E-state index contributed by atoms with van der Waals surface area (Å²) in [5, 5.41) is 11.4. The lowest BCUT2D eigenvalue weighted by Crippen LogP contribution is -2.11. The number of pyridine rings is 1. The van der Waals surface area contributed by atoms with Crippen molar-refractivity contribution in [2.24, 2.45) is 0 Å². The standard InChI is InChI=1S/C15H16N2O3S/c1-3-10-6-13(21-9(10)2)15(20)17-12-5-4-11(16-8-12)7-14(18)19/h4-6,8H,3,7H2,1-2H3,(H,17,20)(H,18,19). The fourth-order valence-electron chi connectivity index (χ4n) is 1.93. The third-order valence-corrected chi connectivity index (χ3v) is 4.13. The summed E-state index contributed by atoms with van der Waals surface area (Å²) in [4.78, 5) is 28.5. The fraction of sp³-hybridized carbons (Fsp3) is 0.267. The SMILES string of the molecule is CCc1cc(C(=O)Nc2ccc(CC(=O)O)nc2)sc1C. The summed E-state index contributed by atoms with van der Waals surface area (Å²) in [5.41, 5.74) is 2.19. The number of anilines is 1. The van der Waals surface area contributed by atoms with E-state index in [-0.39, 0.29) is 12.3 Å². The summed E-state index contributed by atoms with van der Waals surface area (Å²) < 4.78 is 0. The summed E-state index contributed by atoms with van der Waals surface area (Å²) >= 11 is 1.47. The Morgan fingerprint density at radius 1 is 1.38 bits per heavy atom. The number of nitrogens with one attached hydrogen (secondary N) is 1. The number of hydrogen-bond acceptors (Lipinski definition) is 4. The van der Waals surface area contributed by atoms with E-state index < -0.39 is 5.97 Å². The summed E-state index contributed by atoms with van der Waals surface area (Å²) in [5.74, 6) is -1.10. The smallest absolute Gasteiger partial charge is 0.309 e. The number of aryl methyl sites for hydroxylation is 2. The topological polar surface area (TPSA) is 79.3 Å². The van der Waals surface area contributed by atoms with E-state index in [1.165, 1.54) is 23.1 Å². The van der Waals surface area contributed by atoms with E-state index in [2.05, 4.69) is 17.2 Å². The van der Waals surface area contributed by atoms with Crippen LogP contribution in [-0.4, -0.2) is 22.0 Å². The van der Waals surface area contributed by atoms with Gasteiger partial charge in [0.2, 0.25) is 0 Å². The molecule has 0 saturated heterocycles. The molecule has 0 aliphatic carbocycles. The van der Waals surface area contributed by atoms with Crippen molar-refractivity contribution in [1.29, 1.82) is 0 Å². The molecule has 6 heteroatoms. The molecule has 0 spiro atoms. The van der Waals surface area contributed by atoms with Crippen LogP contribution in [0.25, 0.3) is 0 Å². The van der Waals surface area contributed by atoms with Crippen molar-refractivity contribution in [2.75, 3.05) is 5.32 Å². The molecule has 1 amide bonds. The summed E-state index contributed by atoms with van der Waals surface area (Å²) in [6, 6.07) is 5.16. The molecule has 0 fully saturated rings. The normalized spacial score (nSPS) is 10.4. The number of aliphatic carboxylic acids is 1. The van der Waals surface area contributed by atoms with Gasteiger partial charge >= 0.3 is 5.97 Å². The maximum absolute atomic E-state index is 12.1. The zero-order valence-electron chi connectivity index (χ0n) is 11.8. The van der Waals surface area contributed by atoms with Crippen LogP contribution in [0.3, 0.4) is 0 Å². The predicted molar refractivity (Wildman–Crippen MR) is 82.0 cm³/mol. The average Bonchev–Trinajstić information content (AvgIpc) is 2.82. The van der Waals surface area contributed by atoms with Crippen molar-refractivity contribution in [3.63, 3.8) is 0 Å². The highest BCUT2D eigenvalue weighted by Gasteiger charge is 2.12. The molecule has 110 valence electrons. The molecular formula is C15H16N2O3S. The first-order valence-corrected chi connectivity index (χ1v) is 7.38. The molecule has 0 aliphatic rings. The maximum Gasteiger partial charge on any atom is 0.309 e. The van der Waals surface area contributed by atoms with Gasteiger partial charge in [0.1, 0.15) is 0 Å². The Kier molecular flexibility index (Phi) is 4.70. The third-order valence-electron chi connectivity index (χ3n) is 3.04.